The largest absolute Gasteiger partial charge is 0.368 e. The van der Waals surface area contributed by atoms with Crippen LogP contribution in [0.15, 0.2) is 10.7 Å². The number of hydrogen-bond acceptors (Lipinski definition) is 4. The van der Waals surface area contributed by atoms with Gasteiger partial charge in [0.15, 0.2) is 0 Å². The molecule has 0 unspecified atom stereocenters. The molecule has 0 aliphatic heterocycles. The minimum absolute atomic E-state index is 0.220. The number of aromatic nitrogens is 2. The van der Waals surface area contributed by atoms with Crippen LogP contribution in [0, 0.1) is 12.3 Å². The molecule has 0 atom stereocenters. The quantitative estimate of drug-likeness (QED) is 0.735. The average Bonchev–Trinajstić information content (AvgIpc) is 2.07. The Morgan fingerprint density at radius 3 is 3.17 bits per heavy atom. The maximum absolute atomic E-state index is 5.36. The summed E-state index contributed by atoms with van der Waals surface area (Å²) in [7, 11) is 0. The lowest BCUT2D eigenvalue weighted by molar-refractivity contribution is 1.15. The minimum atomic E-state index is 0.220. The van der Waals surface area contributed by atoms with Gasteiger partial charge in [-0.2, -0.15) is 4.98 Å². The highest BCUT2D eigenvalue weighted by molar-refractivity contribution is 9.10. The van der Waals surface area contributed by atoms with E-state index in [1.165, 1.54) is 0 Å². The van der Waals surface area contributed by atoms with E-state index in [9.17, 15) is 0 Å². The van der Waals surface area contributed by atoms with Crippen LogP contribution in [0.5, 0.6) is 0 Å². The first-order chi connectivity index (χ1) is 5.74. The monoisotopic (exact) mass is 226 g/mol. The van der Waals surface area contributed by atoms with Gasteiger partial charge >= 0.3 is 0 Å². The van der Waals surface area contributed by atoms with Crippen molar-refractivity contribution in [2.75, 3.05) is 17.6 Å². The lowest BCUT2D eigenvalue weighted by Crippen LogP contribution is -2.04. The molecule has 62 valence electrons. The van der Waals surface area contributed by atoms with Gasteiger partial charge in [-0.25, -0.2) is 4.98 Å². The summed E-state index contributed by atoms with van der Waals surface area (Å²) in [4.78, 5) is 7.70. The summed E-state index contributed by atoms with van der Waals surface area (Å²) in [6.07, 6.45) is 6.63. The van der Waals surface area contributed by atoms with E-state index in [4.69, 9.17) is 12.2 Å². The molecule has 0 aromatic carbocycles. The van der Waals surface area contributed by atoms with Gasteiger partial charge in [0.1, 0.15) is 5.82 Å². The molecule has 0 bridgehead atoms. The van der Waals surface area contributed by atoms with Crippen LogP contribution in [0.4, 0.5) is 11.8 Å². The number of nitrogens with zero attached hydrogens (tertiary/aromatic N) is 2. The molecule has 4 nitrogen and oxygen atoms in total. The van der Waals surface area contributed by atoms with Crippen LogP contribution in [0.1, 0.15) is 0 Å². The number of nitrogens with one attached hydrogen (secondary N) is 1. The normalized spacial score (nSPS) is 9.00. The van der Waals surface area contributed by atoms with E-state index < -0.39 is 0 Å². The number of nitrogen functional groups attached to an aromatic ring is 1. The van der Waals surface area contributed by atoms with Crippen LogP contribution in [0.3, 0.4) is 0 Å². The molecule has 1 aromatic heterocycles. The van der Waals surface area contributed by atoms with Crippen molar-refractivity contribution in [3.63, 3.8) is 0 Å². The van der Waals surface area contributed by atoms with E-state index in [1.54, 1.807) is 6.20 Å². The van der Waals surface area contributed by atoms with Crippen molar-refractivity contribution < 1.29 is 0 Å². The van der Waals surface area contributed by atoms with E-state index >= 15 is 0 Å². The van der Waals surface area contributed by atoms with Crippen molar-refractivity contribution in [3.05, 3.63) is 10.7 Å². The fourth-order valence-corrected chi connectivity index (χ4v) is 0.971. The number of rotatable bonds is 2. The molecule has 0 aliphatic rings. The highest BCUT2D eigenvalue weighted by Crippen LogP contribution is 2.18. The molecular formula is C7H7BrN4. The minimum Gasteiger partial charge on any atom is -0.368 e. The van der Waals surface area contributed by atoms with E-state index in [-0.39, 0.29) is 5.95 Å². The van der Waals surface area contributed by atoms with E-state index in [1.807, 2.05) is 0 Å². The highest BCUT2D eigenvalue weighted by Gasteiger charge is 2.00. The van der Waals surface area contributed by atoms with Gasteiger partial charge in [-0.15, -0.1) is 6.42 Å². The number of anilines is 2. The predicted molar refractivity (Wildman–Crippen MR) is 51.5 cm³/mol. The first kappa shape index (κ1) is 8.81. The van der Waals surface area contributed by atoms with Crippen LogP contribution >= 0.6 is 15.9 Å². The highest BCUT2D eigenvalue weighted by atomic mass is 79.9. The predicted octanol–water partition coefficient (Wildman–Crippen LogP) is 0.866. The summed E-state index contributed by atoms with van der Waals surface area (Å²) >= 11 is 3.25. The van der Waals surface area contributed by atoms with E-state index in [0.29, 0.717) is 12.4 Å². The average molecular weight is 227 g/mol. The fraction of sp³-hybridized carbons (Fsp3) is 0.143. The van der Waals surface area contributed by atoms with Gasteiger partial charge in [0, 0.05) is 6.20 Å². The third-order valence-corrected chi connectivity index (χ3v) is 1.70. The number of nitrogens with two attached hydrogens (primary N) is 1. The first-order valence-corrected chi connectivity index (χ1v) is 3.98. The summed E-state index contributed by atoms with van der Waals surface area (Å²) in [5.74, 6) is 3.26. The maximum atomic E-state index is 5.36. The van der Waals surface area contributed by atoms with E-state index in [2.05, 4.69) is 37.1 Å². The molecule has 1 aromatic rings. The summed E-state index contributed by atoms with van der Waals surface area (Å²) in [6.45, 7) is 0.412. The van der Waals surface area contributed by atoms with Crippen molar-refractivity contribution in [2.24, 2.45) is 0 Å². The molecule has 3 N–H and O–H groups in total. The van der Waals surface area contributed by atoms with Crippen molar-refractivity contribution in [1.82, 2.24) is 9.97 Å². The van der Waals surface area contributed by atoms with Crippen molar-refractivity contribution >= 4 is 27.7 Å². The van der Waals surface area contributed by atoms with Gasteiger partial charge in [-0.3, -0.25) is 0 Å². The molecule has 1 rings (SSSR count). The Balaban J connectivity index is 2.84. The smallest absolute Gasteiger partial charge is 0.221 e. The lowest BCUT2D eigenvalue weighted by Gasteiger charge is -2.03. The van der Waals surface area contributed by atoms with Gasteiger partial charge < -0.3 is 11.1 Å². The Morgan fingerprint density at radius 2 is 2.50 bits per heavy atom. The van der Waals surface area contributed by atoms with Crippen molar-refractivity contribution in [3.8, 4) is 12.3 Å². The Labute approximate surface area is 78.7 Å². The molecule has 0 saturated carbocycles. The van der Waals surface area contributed by atoms with Gasteiger partial charge in [0.05, 0.1) is 11.0 Å². The Hall–Kier alpha value is -1.28. The Morgan fingerprint density at radius 1 is 1.75 bits per heavy atom. The number of terminal acetylenes is 1. The molecule has 0 aliphatic carbocycles. The molecule has 5 heteroatoms. The van der Waals surface area contributed by atoms with Gasteiger partial charge in [0.2, 0.25) is 5.95 Å². The second-order valence-corrected chi connectivity index (χ2v) is 2.84. The molecule has 0 saturated heterocycles. The zero-order valence-corrected chi connectivity index (χ0v) is 7.80. The zero-order chi connectivity index (χ0) is 8.97. The molecule has 0 amide bonds. The van der Waals surface area contributed by atoms with Crippen LogP contribution < -0.4 is 11.1 Å². The second-order valence-electron chi connectivity index (χ2n) is 1.98. The van der Waals surface area contributed by atoms with Crippen LogP contribution in [0.25, 0.3) is 0 Å². The fourth-order valence-electron chi connectivity index (χ4n) is 0.639. The van der Waals surface area contributed by atoms with Gasteiger partial charge in [-0.05, 0) is 15.9 Å². The maximum Gasteiger partial charge on any atom is 0.221 e. The topological polar surface area (TPSA) is 63.8 Å². The molecule has 1 heterocycles. The van der Waals surface area contributed by atoms with Crippen LogP contribution in [-0.4, -0.2) is 16.5 Å². The third kappa shape index (κ3) is 2.10. The Bertz CT molecular complexity index is 318. The number of hydrogen-bond donors (Lipinski definition) is 2. The van der Waals surface area contributed by atoms with Gasteiger partial charge in [-0.1, -0.05) is 5.92 Å². The first-order valence-electron chi connectivity index (χ1n) is 3.19. The summed E-state index contributed by atoms with van der Waals surface area (Å²) in [5.41, 5.74) is 5.36. The van der Waals surface area contributed by atoms with Crippen molar-refractivity contribution in [1.29, 1.82) is 0 Å². The van der Waals surface area contributed by atoms with Crippen LogP contribution in [-0.2, 0) is 0 Å². The molecule has 12 heavy (non-hydrogen) atoms. The third-order valence-electron chi connectivity index (χ3n) is 1.12. The SMILES string of the molecule is C#CCNc1nc(N)ncc1Br. The molecule has 0 radical (unpaired) electrons. The second kappa shape index (κ2) is 3.93. The molecule has 0 fully saturated rings. The van der Waals surface area contributed by atoms with Gasteiger partial charge in [0.25, 0.3) is 0 Å². The summed E-state index contributed by atoms with van der Waals surface area (Å²) in [6, 6.07) is 0. The van der Waals surface area contributed by atoms with Crippen molar-refractivity contribution in [2.45, 2.75) is 0 Å². The zero-order valence-electron chi connectivity index (χ0n) is 6.21. The molecule has 0 spiro atoms. The number of halogens is 1. The standard InChI is InChI=1S/C7H7BrN4/c1-2-3-10-6-5(8)4-11-7(9)12-6/h1,4H,3H2,(H3,9,10,11,12). The summed E-state index contributed by atoms with van der Waals surface area (Å²) < 4.78 is 0.743. The van der Waals surface area contributed by atoms with E-state index in [0.717, 1.165) is 4.47 Å². The molecular weight excluding hydrogens is 220 g/mol. The Kier molecular flexibility index (Phi) is 2.88. The van der Waals surface area contributed by atoms with Crippen LogP contribution in [0.2, 0.25) is 0 Å². The lowest BCUT2D eigenvalue weighted by atomic mass is 10.5. The summed E-state index contributed by atoms with van der Waals surface area (Å²) in [5, 5.41) is 2.89.